The van der Waals surface area contributed by atoms with Crippen LogP contribution < -0.4 is 4.90 Å². The van der Waals surface area contributed by atoms with E-state index in [1.165, 1.54) is 5.56 Å². The van der Waals surface area contributed by atoms with E-state index in [4.69, 9.17) is 0 Å². The van der Waals surface area contributed by atoms with Crippen molar-refractivity contribution in [2.24, 2.45) is 0 Å². The number of carbonyl (C=O) groups is 2. The van der Waals surface area contributed by atoms with Gasteiger partial charge < -0.3 is 9.80 Å². The van der Waals surface area contributed by atoms with Gasteiger partial charge in [-0.05, 0) is 26.0 Å². The number of rotatable bonds is 2. The average molecular weight is 260 g/mol. The maximum Gasteiger partial charge on any atom is 0.249 e. The van der Waals surface area contributed by atoms with E-state index in [1.54, 1.807) is 16.7 Å². The Hall–Kier alpha value is -1.84. The molecule has 1 atom stereocenters. The molecule has 0 unspecified atom stereocenters. The highest BCUT2D eigenvalue weighted by Gasteiger charge is 2.34. The summed E-state index contributed by atoms with van der Waals surface area (Å²) in [4.78, 5) is 27.6. The Bertz CT molecular complexity index is 481. The molecule has 4 heteroatoms. The van der Waals surface area contributed by atoms with E-state index in [1.807, 2.05) is 38.1 Å². The molecule has 0 aromatic heterocycles. The molecule has 1 heterocycles. The molecule has 1 saturated heterocycles. The van der Waals surface area contributed by atoms with Gasteiger partial charge in [0.05, 0.1) is 0 Å². The third kappa shape index (κ3) is 2.62. The van der Waals surface area contributed by atoms with Crippen molar-refractivity contribution in [3.63, 3.8) is 0 Å². The molecule has 0 N–H and O–H groups in total. The van der Waals surface area contributed by atoms with Crippen LogP contribution in [-0.2, 0) is 9.59 Å². The molecule has 1 fully saturated rings. The summed E-state index contributed by atoms with van der Waals surface area (Å²) in [5.41, 5.74) is 2.08. The van der Waals surface area contributed by atoms with Gasteiger partial charge in [0, 0.05) is 25.2 Å². The molecule has 0 saturated carbocycles. The standard InChI is InChI=1S/C15H20N2O2/c1-4-14(18)16-9-10-17(15(19)12(16)3)13-7-5-11(2)6-8-13/h5-8,12H,4,9-10H2,1-3H3/t12-/m0/s1. The smallest absolute Gasteiger partial charge is 0.249 e. The number of aryl methyl sites for hydroxylation is 1. The van der Waals surface area contributed by atoms with E-state index in [9.17, 15) is 9.59 Å². The van der Waals surface area contributed by atoms with Crippen LogP contribution in [0.4, 0.5) is 5.69 Å². The molecule has 0 spiro atoms. The fourth-order valence-electron chi connectivity index (χ4n) is 2.40. The van der Waals surface area contributed by atoms with Gasteiger partial charge in [-0.1, -0.05) is 24.6 Å². The first kappa shape index (κ1) is 13.6. The Morgan fingerprint density at radius 3 is 2.47 bits per heavy atom. The van der Waals surface area contributed by atoms with Gasteiger partial charge in [-0.3, -0.25) is 9.59 Å². The van der Waals surface area contributed by atoms with Crippen LogP contribution in [0, 0.1) is 6.92 Å². The first-order chi connectivity index (χ1) is 9.04. The molecule has 1 aromatic carbocycles. The molecule has 1 aromatic rings. The van der Waals surface area contributed by atoms with E-state index in [2.05, 4.69) is 0 Å². The summed E-state index contributed by atoms with van der Waals surface area (Å²) in [7, 11) is 0. The van der Waals surface area contributed by atoms with E-state index in [0.717, 1.165) is 5.69 Å². The lowest BCUT2D eigenvalue weighted by atomic mass is 10.1. The quantitative estimate of drug-likeness (QED) is 0.815. The van der Waals surface area contributed by atoms with Crippen molar-refractivity contribution in [3.8, 4) is 0 Å². The highest BCUT2D eigenvalue weighted by Crippen LogP contribution is 2.21. The Labute approximate surface area is 114 Å². The molecule has 0 bridgehead atoms. The summed E-state index contributed by atoms with van der Waals surface area (Å²) in [6.45, 7) is 6.82. The number of piperazine rings is 1. The number of benzene rings is 1. The number of amides is 2. The number of carbonyl (C=O) groups excluding carboxylic acids is 2. The number of nitrogens with zero attached hydrogens (tertiary/aromatic N) is 2. The lowest BCUT2D eigenvalue weighted by molar-refractivity contribution is -0.140. The van der Waals surface area contributed by atoms with Crippen molar-refractivity contribution in [1.29, 1.82) is 0 Å². The van der Waals surface area contributed by atoms with Crippen molar-refractivity contribution >= 4 is 17.5 Å². The largest absolute Gasteiger partial charge is 0.329 e. The zero-order valence-electron chi connectivity index (χ0n) is 11.7. The number of hydrogen-bond donors (Lipinski definition) is 0. The monoisotopic (exact) mass is 260 g/mol. The first-order valence-electron chi connectivity index (χ1n) is 6.72. The highest BCUT2D eigenvalue weighted by molar-refractivity contribution is 6.00. The van der Waals surface area contributed by atoms with Gasteiger partial charge in [-0.2, -0.15) is 0 Å². The van der Waals surface area contributed by atoms with Gasteiger partial charge in [0.1, 0.15) is 6.04 Å². The van der Waals surface area contributed by atoms with Crippen LogP contribution >= 0.6 is 0 Å². The topological polar surface area (TPSA) is 40.6 Å². The second-order valence-corrected chi connectivity index (χ2v) is 4.94. The van der Waals surface area contributed by atoms with Crippen LogP contribution in [-0.4, -0.2) is 35.8 Å². The van der Waals surface area contributed by atoms with Crippen molar-refractivity contribution < 1.29 is 9.59 Å². The van der Waals surface area contributed by atoms with Gasteiger partial charge in [0.2, 0.25) is 11.8 Å². The lowest BCUT2D eigenvalue weighted by Gasteiger charge is -2.39. The summed E-state index contributed by atoms with van der Waals surface area (Å²) in [5.74, 6) is 0.0429. The zero-order chi connectivity index (χ0) is 14.0. The van der Waals surface area contributed by atoms with Crippen LogP contribution in [0.3, 0.4) is 0 Å². The van der Waals surface area contributed by atoms with Crippen molar-refractivity contribution in [2.45, 2.75) is 33.2 Å². The number of hydrogen-bond acceptors (Lipinski definition) is 2. The van der Waals surface area contributed by atoms with Crippen LogP contribution in [0.25, 0.3) is 0 Å². The van der Waals surface area contributed by atoms with Crippen molar-refractivity contribution in [3.05, 3.63) is 29.8 Å². The predicted molar refractivity (Wildman–Crippen MR) is 75.0 cm³/mol. The molecule has 2 amide bonds. The molecular formula is C15H20N2O2. The second kappa shape index (κ2) is 5.43. The zero-order valence-corrected chi connectivity index (χ0v) is 11.7. The second-order valence-electron chi connectivity index (χ2n) is 4.94. The SMILES string of the molecule is CCC(=O)N1CCN(c2ccc(C)cc2)C(=O)[C@@H]1C. The molecule has 102 valence electrons. The normalized spacial score (nSPS) is 19.7. The van der Waals surface area contributed by atoms with Gasteiger partial charge in [-0.15, -0.1) is 0 Å². The van der Waals surface area contributed by atoms with Crippen LogP contribution in [0.15, 0.2) is 24.3 Å². The highest BCUT2D eigenvalue weighted by atomic mass is 16.2. The van der Waals surface area contributed by atoms with E-state index in [0.29, 0.717) is 19.5 Å². The molecular weight excluding hydrogens is 240 g/mol. The molecule has 0 radical (unpaired) electrons. The lowest BCUT2D eigenvalue weighted by Crippen LogP contribution is -2.57. The fourth-order valence-corrected chi connectivity index (χ4v) is 2.40. The molecule has 2 rings (SSSR count). The number of anilines is 1. The van der Waals surface area contributed by atoms with Gasteiger partial charge >= 0.3 is 0 Å². The first-order valence-corrected chi connectivity index (χ1v) is 6.72. The van der Waals surface area contributed by atoms with Gasteiger partial charge in [0.25, 0.3) is 0 Å². The van der Waals surface area contributed by atoms with Gasteiger partial charge in [0.15, 0.2) is 0 Å². The Morgan fingerprint density at radius 1 is 1.26 bits per heavy atom. The maximum atomic E-state index is 12.4. The van der Waals surface area contributed by atoms with E-state index in [-0.39, 0.29) is 17.9 Å². The molecule has 19 heavy (non-hydrogen) atoms. The molecule has 0 aliphatic carbocycles. The fraction of sp³-hybridized carbons (Fsp3) is 0.467. The van der Waals surface area contributed by atoms with Crippen LogP contribution in [0.1, 0.15) is 25.8 Å². The van der Waals surface area contributed by atoms with Gasteiger partial charge in [-0.25, -0.2) is 0 Å². The third-order valence-corrected chi connectivity index (χ3v) is 3.62. The summed E-state index contributed by atoms with van der Waals surface area (Å²) >= 11 is 0. The minimum atomic E-state index is -0.373. The Balaban J connectivity index is 2.17. The van der Waals surface area contributed by atoms with Crippen LogP contribution in [0.2, 0.25) is 0 Å². The van der Waals surface area contributed by atoms with E-state index >= 15 is 0 Å². The molecule has 1 aliphatic rings. The summed E-state index contributed by atoms with van der Waals surface area (Å²) < 4.78 is 0. The minimum Gasteiger partial charge on any atom is -0.329 e. The average Bonchev–Trinajstić information content (AvgIpc) is 2.42. The molecule has 4 nitrogen and oxygen atoms in total. The Morgan fingerprint density at radius 2 is 1.89 bits per heavy atom. The van der Waals surface area contributed by atoms with E-state index < -0.39 is 0 Å². The van der Waals surface area contributed by atoms with Crippen LogP contribution in [0.5, 0.6) is 0 Å². The van der Waals surface area contributed by atoms with Crippen molar-refractivity contribution in [2.75, 3.05) is 18.0 Å². The summed E-state index contributed by atoms with van der Waals surface area (Å²) in [6, 6.07) is 7.53. The third-order valence-electron chi connectivity index (χ3n) is 3.62. The maximum absolute atomic E-state index is 12.4. The minimum absolute atomic E-state index is 0.00287. The summed E-state index contributed by atoms with van der Waals surface area (Å²) in [6.07, 6.45) is 0.447. The predicted octanol–water partition coefficient (Wildman–Crippen LogP) is 1.97. The Kier molecular flexibility index (Phi) is 3.88. The van der Waals surface area contributed by atoms with Crippen molar-refractivity contribution in [1.82, 2.24) is 4.90 Å². The molecule has 1 aliphatic heterocycles. The summed E-state index contributed by atoms with van der Waals surface area (Å²) in [5, 5.41) is 0.